The third-order valence-electron chi connectivity index (χ3n) is 2.10. The van der Waals surface area contributed by atoms with Crippen molar-refractivity contribution in [3.63, 3.8) is 0 Å². The molecule has 0 aliphatic heterocycles. The van der Waals surface area contributed by atoms with Crippen LogP contribution in [0.3, 0.4) is 0 Å². The van der Waals surface area contributed by atoms with Crippen LogP contribution in [-0.4, -0.2) is 32.1 Å². The summed E-state index contributed by atoms with van der Waals surface area (Å²) in [5.41, 5.74) is 11.0. The van der Waals surface area contributed by atoms with Crippen molar-refractivity contribution in [2.45, 2.75) is 38.9 Å². The van der Waals surface area contributed by atoms with Gasteiger partial charge in [-0.2, -0.15) is 0 Å². The van der Waals surface area contributed by atoms with Crippen LogP contribution in [0.5, 0.6) is 0 Å². The van der Waals surface area contributed by atoms with E-state index in [2.05, 4.69) is 0 Å². The molecule has 4 N–H and O–H groups in total. The van der Waals surface area contributed by atoms with Gasteiger partial charge < -0.3 is 20.9 Å². The Balaban J connectivity index is 4.21. The van der Waals surface area contributed by atoms with Gasteiger partial charge in [0, 0.05) is 26.1 Å². The first kappa shape index (κ1) is 13.8. The Morgan fingerprint density at radius 1 is 0.929 bits per heavy atom. The van der Waals surface area contributed by atoms with E-state index in [0.29, 0.717) is 26.3 Å². The molecule has 0 spiro atoms. The van der Waals surface area contributed by atoms with Gasteiger partial charge in [0.15, 0.2) is 5.79 Å². The molecular weight excluding hydrogens is 180 g/mol. The minimum Gasteiger partial charge on any atom is -0.350 e. The van der Waals surface area contributed by atoms with Crippen LogP contribution in [-0.2, 0) is 9.47 Å². The van der Waals surface area contributed by atoms with Crippen LogP contribution in [0.25, 0.3) is 0 Å². The highest BCUT2D eigenvalue weighted by molar-refractivity contribution is 4.71. The van der Waals surface area contributed by atoms with Crippen molar-refractivity contribution in [1.82, 2.24) is 0 Å². The molecule has 0 atom stereocenters. The zero-order valence-corrected chi connectivity index (χ0v) is 9.42. The van der Waals surface area contributed by atoms with Crippen molar-refractivity contribution >= 4 is 0 Å². The van der Waals surface area contributed by atoms with Crippen molar-refractivity contribution in [2.75, 3.05) is 26.3 Å². The molecule has 0 aliphatic carbocycles. The Morgan fingerprint density at radius 3 is 1.86 bits per heavy atom. The summed E-state index contributed by atoms with van der Waals surface area (Å²) in [4.78, 5) is 0. The molecule has 86 valence electrons. The standard InChI is InChI=1S/C10H24N2O2/c1-3-13-10(7-9-12,14-4-2)6-5-8-11/h3-9,11-12H2,1-2H3. The summed E-state index contributed by atoms with van der Waals surface area (Å²) in [5, 5.41) is 0. The maximum Gasteiger partial charge on any atom is 0.169 e. The third kappa shape index (κ3) is 4.91. The molecule has 0 aliphatic rings. The third-order valence-corrected chi connectivity index (χ3v) is 2.10. The van der Waals surface area contributed by atoms with Crippen molar-refractivity contribution in [3.8, 4) is 0 Å². The highest BCUT2D eigenvalue weighted by Crippen LogP contribution is 2.23. The zero-order valence-electron chi connectivity index (χ0n) is 9.42. The molecule has 0 heterocycles. The first-order valence-electron chi connectivity index (χ1n) is 5.42. The van der Waals surface area contributed by atoms with Crippen LogP contribution >= 0.6 is 0 Å². The van der Waals surface area contributed by atoms with Gasteiger partial charge in [0.05, 0.1) is 0 Å². The topological polar surface area (TPSA) is 70.5 Å². The summed E-state index contributed by atoms with van der Waals surface area (Å²) in [6.45, 7) is 6.45. The minimum absolute atomic E-state index is 0.502. The maximum atomic E-state index is 5.65. The zero-order chi connectivity index (χ0) is 10.9. The van der Waals surface area contributed by atoms with E-state index in [1.54, 1.807) is 0 Å². The van der Waals surface area contributed by atoms with Crippen molar-refractivity contribution in [2.24, 2.45) is 11.5 Å². The molecule has 0 aromatic rings. The minimum atomic E-state index is -0.502. The van der Waals surface area contributed by atoms with Crippen LogP contribution in [0.4, 0.5) is 0 Å². The number of ether oxygens (including phenoxy) is 2. The van der Waals surface area contributed by atoms with Gasteiger partial charge in [0.25, 0.3) is 0 Å². The van der Waals surface area contributed by atoms with Gasteiger partial charge >= 0.3 is 0 Å². The summed E-state index contributed by atoms with van der Waals surface area (Å²) >= 11 is 0. The van der Waals surface area contributed by atoms with Crippen LogP contribution < -0.4 is 11.5 Å². The predicted octanol–water partition coefficient (Wildman–Crippen LogP) is 0.843. The Morgan fingerprint density at radius 2 is 1.50 bits per heavy atom. The molecule has 0 amide bonds. The molecule has 0 saturated heterocycles. The fraction of sp³-hybridized carbons (Fsp3) is 1.00. The average Bonchev–Trinajstić information content (AvgIpc) is 2.16. The monoisotopic (exact) mass is 204 g/mol. The van der Waals surface area contributed by atoms with E-state index in [1.165, 1.54) is 0 Å². The van der Waals surface area contributed by atoms with E-state index >= 15 is 0 Å². The Bertz CT molecular complexity index is 114. The summed E-state index contributed by atoms with van der Waals surface area (Å²) in [6, 6.07) is 0. The number of nitrogens with two attached hydrogens (primary N) is 2. The molecule has 0 unspecified atom stereocenters. The highest BCUT2D eigenvalue weighted by atomic mass is 16.7. The lowest BCUT2D eigenvalue weighted by Gasteiger charge is -2.33. The summed E-state index contributed by atoms with van der Waals surface area (Å²) in [6.07, 6.45) is 2.46. The lowest BCUT2D eigenvalue weighted by Crippen LogP contribution is -2.39. The molecule has 0 saturated carbocycles. The number of hydrogen-bond donors (Lipinski definition) is 2. The second-order valence-electron chi connectivity index (χ2n) is 3.21. The van der Waals surface area contributed by atoms with Crippen LogP contribution in [0.1, 0.15) is 33.1 Å². The van der Waals surface area contributed by atoms with E-state index in [9.17, 15) is 0 Å². The smallest absolute Gasteiger partial charge is 0.169 e. The van der Waals surface area contributed by atoms with Gasteiger partial charge in [-0.1, -0.05) is 0 Å². The highest BCUT2D eigenvalue weighted by Gasteiger charge is 2.29. The fourth-order valence-electron chi connectivity index (χ4n) is 1.57. The van der Waals surface area contributed by atoms with Gasteiger partial charge in [0.2, 0.25) is 0 Å². The number of rotatable bonds is 9. The second-order valence-corrected chi connectivity index (χ2v) is 3.21. The molecule has 0 bridgehead atoms. The Hall–Kier alpha value is -0.160. The largest absolute Gasteiger partial charge is 0.350 e. The molecule has 0 aromatic carbocycles. The number of hydrogen-bond acceptors (Lipinski definition) is 4. The molecule has 0 aromatic heterocycles. The molecular formula is C10H24N2O2. The lowest BCUT2D eigenvalue weighted by atomic mass is 10.1. The lowest BCUT2D eigenvalue weighted by molar-refractivity contribution is -0.239. The summed E-state index contributed by atoms with van der Waals surface area (Å²) in [7, 11) is 0. The van der Waals surface area contributed by atoms with Gasteiger partial charge in [-0.25, -0.2) is 0 Å². The van der Waals surface area contributed by atoms with Crippen LogP contribution in [0.2, 0.25) is 0 Å². The fourth-order valence-corrected chi connectivity index (χ4v) is 1.57. The second kappa shape index (κ2) is 8.17. The van der Waals surface area contributed by atoms with E-state index in [1.807, 2.05) is 13.8 Å². The van der Waals surface area contributed by atoms with Crippen molar-refractivity contribution in [3.05, 3.63) is 0 Å². The Labute approximate surface area is 86.9 Å². The van der Waals surface area contributed by atoms with Crippen LogP contribution in [0.15, 0.2) is 0 Å². The molecule has 4 heteroatoms. The molecule has 0 fully saturated rings. The van der Waals surface area contributed by atoms with Gasteiger partial charge in [-0.05, 0) is 33.4 Å². The van der Waals surface area contributed by atoms with Crippen LogP contribution in [0, 0.1) is 0 Å². The SMILES string of the molecule is CCOC(CCN)(CCCN)OCC. The van der Waals surface area contributed by atoms with E-state index in [0.717, 1.165) is 19.3 Å². The van der Waals surface area contributed by atoms with E-state index in [4.69, 9.17) is 20.9 Å². The average molecular weight is 204 g/mol. The first-order valence-corrected chi connectivity index (χ1v) is 5.42. The first-order chi connectivity index (χ1) is 6.74. The van der Waals surface area contributed by atoms with E-state index < -0.39 is 5.79 Å². The van der Waals surface area contributed by atoms with Crippen molar-refractivity contribution < 1.29 is 9.47 Å². The summed E-state index contributed by atoms with van der Waals surface area (Å²) < 4.78 is 11.3. The molecule has 0 radical (unpaired) electrons. The van der Waals surface area contributed by atoms with Gasteiger partial charge in [0.1, 0.15) is 0 Å². The van der Waals surface area contributed by atoms with Gasteiger partial charge in [-0.3, -0.25) is 0 Å². The quantitative estimate of drug-likeness (QED) is 0.546. The van der Waals surface area contributed by atoms with E-state index in [-0.39, 0.29) is 0 Å². The molecule has 14 heavy (non-hydrogen) atoms. The normalized spacial score (nSPS) is 12.0. The Kier molecular flexibility index (Phi) is 8.08. The van der Waals surface area contributed by atoms with Crippen molar-refractivity contribution in [1.29, 1.82) is 0 Å². The molecule has 0 rings (SSSR count). The summed E-state index contributed by atoms with van der Waals surface area (Å²) in [5.74, 6) is -0.502. The van der Waals surface area contributed by atoms with Gasteiger partial charge in [-0.15, -0.1) is 0 Å². The molecule has 4 nitrogen and oxygen atoms in total. The predicted molar refractivity (Wildman–Crippen MR) is 57.9 cm³/mol. The maximum absolute atomic E-state index is 5.65.